The molecule has 1 N–H and O–H groups in total. The van der Waals surface area contributed by atoms with Crippen molar-refractivity contribution >= 4 is 11.6 Å². The van der Waals surface area contributed by atoms with Crippen molar-refractivity contribution in [2.24, 2.45) is 0 Å². The molecule has 0 saturated heterocycles. The molecule has 1 aromatic rings. The van der Waals surface area contributed by atoms with Crippen LogP contribution in [0.25, 0.3) is 0 Å². The Hall–Kier alpha value is -1.19. The molecule has 1 atom stereocenters. The van der Waals surface area contributed by atoms with Crippen LogP contribution in [0, 0.1) is 0 Å². The molecule has 0 aliphatic heterocycles. The van der Waals surface area contributed by atoms with Crippen molar-refractivity contribution in [3.63, 3.8) is 0 Å². The molecule has 1 rings (SSSR count). The predicted molar refractivity (Wildman–Crippen MR) is 64.3 cm³/mol. The molecule has 0 fully saturated rings. The van der Waals surface area contributed by atoms with Crippen LogP contribution in [-0.2, 0) is 0 Å². The summed E-state index contributed by atoms with van der Waals surface area (Å²) in [6.45, 7) is 5.42. The number of benzene rings is 1. The van der Waals surface area contributed by atoms with Gasteiger partial charge in [0, 0.05) is 5.56 Å². The first-order valence-electron chi connectivity index (χ1n) is 4.76. The number of rotatable bonds is 4. The number of hydrogen-bond donors (Lipinski definition) is 1. The summed E-state index contributed by atoms with van der Waals surface area (Å²) < 4.78 is 10.2. The van der Waals surface area contributed by atoms with Crippen LogP contribution in [0.3, 0.4) is 0 Å². The molecule has 4 heteroatoms. The number of halogens is 1. The topological polar surface area (TPSA) is 38.7 Å². The summed E-state index contributed by atoms with van der Waals surface area (Å²) in [4.78, 5) is 0. The van der Waals surface area contributed by atoms with Gasteiger partial charge in [-0.25, -0.2) is 0 Å². The van der Waals surface area contributed by atoms with Gasteiger partial charge in [0.15, 0.2) is 11.5 Å². The molecule has 0 bridgehead atoms. The van der Waals surface area contributed by atoms with Gasteiger partial charge in [0.25, 0.3) is 0 Å². The first-order valence-corrected chi connectivity index (χ1v) is 5.14. The Morgan fingerprint density at radius 3 is 2.44 bits per heavy atom. The van der Waals surface area contributed by atoms with Gasteiger partial charge in [-0.1, -0.05) is 24.2 Å². The molecule has 0 radical (unpaired) electrons. The molecule has 88 valence electrons. The standard InChI is InChI=1S/C12H15ClO3/c1-7(2)11(14)8-5-6-9(15-3)12(16-4)10(8)13/h5-6,11,14H,1H2,2-4H3. The zero-order valence-electron chi connectivity index (χ0n) is 9.58. The van der Waals surface area contributed by atoms with Crippen LogP contribution in [-0.4, -0.2) is 19.3 Å². The van der Waals surface area contributed by atoms with Crippen LogP contribution in [0.1, 0.15) is 18.6 Å². The second-order valence-electron chi connectivity index (χ2n) is 3.45. The van der Waals surface area contributed by atoms with Gasteiger partial charge in [-0.2, -0.15) is 0 Å². The summed E-state index contributed by atoms with van der Waals surface area (Å²) >= 11 is 6.13. The largest absolute Gasteiger partial charge is 0.493 e. The molecular formula is C12H15ClO3. The van der Waals surface area contributed by atoms with Crippen molar-refractivity contribution in [2.45, 2.75) is 13.0 Å². The summed E-state index contributed by atoms with van der Waals surface area (Å²) in [7, 11) is 3.03. The van der Waals surface area contributed by atoms with Crippen LogP contribution in [0.15, 0.2) is 24.3 Å². The highest BCUT2D eigenvalue weighted by atomic mass is 35.5. The van der Waals surface area contributed by atoms with Crippen molar-refractivity contribution in [3.8, 4) is 11.5 Å². The van der Waals surface area contributed by atoms with E-state index in [0.717, 1.165) is 0 Å². The fourth-order valence-corrected chi connectivity index (χ4v) is 1.72. The molecule has 0 aromatic heterocycles. The van der Waals surface area contributed by atoms with Gasteiger partial charge in [-0.05, 0) is 18.6 Å². The number of aliphatic hydroxyl groups excluding tert-OH is 1. The van der Waals surface area contributed by atoms with E-state index in [1.54, 1.807) is 19.1 Å². The van der Waals surface area contributed by atoms with Crippen molar-refractivity contribution in [2.75, 3.05) is 14.2 Å². The number of methoxy groups -OCH3 is 2. The number of aliphatic hydroxyl groups is 1. The van der Waals surface area contributed by atoms with E-state index in [1.807, 2.05) is 0 Å². The third-order valence-corrected chi connectivity index (χ3v) is 2.67. The lowest BCUT2D eigenvalue weighted by atomic mass is 10.0. The van der Waals surface area contributed by atoms with E-state index in [0.29, 0.717) is 27.7 Å². The lowest BCUT2D eigenvalue weighted by Gasteiger charge is -2.16. The third kappa shape index (κ3) is 2.31. The van der Waals surface area contributed by atoms with E-state index in [-0.39, 0.29) is 0 Å². The van der Waals surface area contributed by atoms with Crippen molar-refractivity contribution in [1.29, 1.82) is 0 Å². The lowest BCUT2D eigenvalue weighted by Crippen LogP contribution is -2.01. The molecular weight excluding hydrogens is 228 g/mol. The molecule has 0 heterocycles. The highest BCUT2D eigenvalue weighted by molar-refractivity contribution is 6.33. The maximum atomic E-state index is 9.88. The van der Waals surface area contributed by atoms with Crippen molar-refractivity contribution < 1.29 is 14.6 Å². The molecule has 16 heavy (non-hydrogen) atoms. The Morgan fingerprint density at radius 2 is 2.00 bits per heavy atom. The predicted octanol–water partition coefficient (Wildman–Crippen LogP) is 2.97. The quantitative estimate of drug-likeness (QED) is 0.825. The minimum absolute atomic E-state index is 0.345. The molecule has 1 unspecified atom stereocenters. The second kappa shape index (κ2) is 5.23. The molecule has 0 aliphatic carbocycles. The summed E-state index contributed by atoms with van der Waals surface area (Å²) in [5, 5.41) is 10.2. The first-order chi connectivity index (χ1) is 7.52. The van der Waals surface area contributed by atoms with Crippen LogP contribution >= 0.6 is 11.6 Å². The van der Waals surface area contributed by atoms with E-state index < -0.39 is 6.10 Å². The van der Waals surface area contributed by atoms with Gasteiger partial charge in [0.05, 0.1) is 19.2 Å². The van der Waals surface area contributed by atoms with Crippen LogP contribution in [0.2, 0.25) is 5.02 Å². The Morgan fingerprint density at radius 1 is 1.38 bits per heavy atom. The molecule has 0 spiro atoms. The number of hydrogen-bond acceptors (Lipinski definition) is 3. The summed E-state index contributed by atoms with van der Waals surface area (Å²) in [6.07, 6.45) is -0.799. The average Bonchev–Trinajstić information content (AvgIpc) is 2.27. The Labute approximate surface area is 100 Å². The normalized spacial score (nSPS) is 12.1. The third-order valence-electron chi connectivity index (χ3n) is 2.28. The van der Waals surface area contributed by atoms with Gasteiger partial charge in [-0.3, -0.25) is 0 Å². The van der Waals surface area contributed by atoms with Crippen LogP contribution in [0.5, 0.6) is 11.5 Å². The van der Waals surface area contributed by atoms with E-state index in [1.165, 1.54) is 14.2 Å². The van der Waals surface area contributed by atoms with Gasteiger partial charge < -0.3 is 14.6 Å². The zero-order chi connectivity index (χ0) is 12.3. The highest BCUT2D eigenvalue weighted by Crippen LogP contribution is 2.40. The smallest absolute Gasteiger partial charge is 0.179 e. The van der Waals surface area contributed by atoms with Crippen molar-refractivity contribution in [1.82, 2.24) is 0 Å². The summed E-state index contributed by atoms with van der Waals surface area (Å²) in [6, 6.07) is 3.40. The molecule has 0 saturated carbocycles. The SMILES string of the molecule is C=C(C)C(O)c1ccc(OC)c(OC)c1Cl. The monoisotopic (exact) mass is 242 g/mol. The molecule has 0 amide bonds. The molecule has 0 aliphatic rings. The summed E-state index contributed by atoms with van der Waals surface area (Å²) in [5.74, 6) is 0.951. The minimum atomic E-state index is -0.799. The van der Waals surface area contributed by atoms with E-state index in [2.05, 4.69) is 6.58 Å². The zero-order valence-corrected chi connectivity index (χ0v) is 10.3. The fraction of sp³-hybridized carbons (Fsp3) is 0.333. The highest BCUT2D eigenvalue weighted by Gasteiger charge is 2.18. The van der Waals surface area contributed by atoms with Crippen LogP contribution in [0.4, 0.5) is 0 Å². The Bertz CT molecular complexity index is 401. The maximum Gasteiger partial charge on any atom is 0.179 e. The second-order valence-corrected chi connectivity index (χ2v) is 3.83. The maximum absolute atomic E-state index is 9.88. The van der Waals surface area contributed by atoms with Gasteiger partial charge in [0.2, 0.25) is 0 Å². The lowest BCUT2D eigenvalue weighted by molar-refractivity contribution is 0.215. The Balaban J connectivity index is 3.29. The average molecular weight is 243 g/mol. The number of ether oxygens (including phenoxy) is 2. The molecule has 3 nitrogen and oxygen atoms in total. The minimum Gasteiger partial charge on any atom is -0.493 e. The molecule has 1 aromatic carbocycles. The summed E-state index contributed by atoms with van der Waals surface area (Å²) in [5.41, 5.74) is 1.18. The van der Waals surface area contributed by atoms with Gasteiger partial charge in [0.1, 0.15) is 6.10 Å². The van der Waals surface area contributed by atoms with Crippen LogP contribution < -0.4 is 9.47 Å². The Kier molecular flexibility index (Phi) is 4.21. The van der Waals surface area contributed by atoms with E-state index in [4.69, 9.17) is 21.1 Å². The van der Waals surface area contributed by atoms with E-state index >= 15 is 0 Å². The first kappa shape index (κ1) is 12.9. The van der Waals surface area contributed by atoms with Gasteiger partial charge in [-0.15, -0.1) is 0 Å². The van der Waals surface area contributed by atoms with Gasteiger partial charge >= 0.3 is 0 Å². The van der Waals surface area contributed by atoms with E-state index in [9.17, 15) is 5.11 Å². The van der Waals surface area contributed by atoms with Crippen molar-refractivity contribution in [3.05, 3.63) is 34.9 Å². The fourth-order valence-electron chi connectivity index (χ4n) is 1.38.